The fourth-order valence-corrected chi connectivity index (χ4v) is 2.67. The predicted molar refractivity (Wildman–Crippen MR) is 60.5 cm³/mol. The average Bonchev–Trinajstić information content (AvgIpc) is 2.67. The largest absolute Gasteiger partial charge is 0.342 e. The van der Waals surface area contributed by atoms with Gasteiger partial charge in [0.25, 0.3) is 0 Å². The van der Waals surface area contributed by atoms with Crippen molar-refractivity contribution in [2.45, 2.75) is 19.3 Å². The van der Waals surface area contributed by atoms with Gasteiger partial charge >= 0.3 is 0 Å². The number of carbonyl (C=O) groups is 1. The van der Waals surface area contributed by atoms with E-state index < -0.39 is 0 Å². The maximum Gasteiger partial charge on any atom is 0.223 e. The molecule has 0 N–H and O–H groups in total. The molecule has 2 aliphatic heterocycles. The van der Waals surface area contributed by atoms with Crippen LogP contribution in [0.1, 0.15) is 19.3 Å². The fourth-order valence-electron chi connectivity index (χ4n) is 2.67. The van der Waals surface area contributed by atoms with E-state index in [1.807, 2.05) is 4.90 Å². The lowest BCUT2D eigenvalue weighted by Gasteiger charge is -2.31. The molecule has 2 saturated heterocycles. The Balaban J connectivity index is 1.83. The lowest BCUT2D eigenvalue weighted by molar-refractivity contribution is -0.134. The summed E-state index contributed by atoms with van der Waals surface area (Å²) >= 11 is 0. The zero-order valence-electron chi connectivity index (χ0n) is 9.85. The van der Waals surface area contributed by atoms with Gasteiger partial charge < -0.3 is 9.80 Å². The van der Waals surface area contributed by atoms with Crippen LogP contribution in [-0.2, 0) is 4.79 Å². The normalized spacial score (nSPS) is 31.8. The highest BCUT2D eigenvalue weighted by molar-refractivity contribution is 5.77. The third-order valence-electron chi connectivity index (χ3n) is 3.67. The molecule has 0 aromatic rings. The molecule has 0 aromatic carbocycles. The zero-order valence-corrected chi connectivity index (χ0v) is 9.85. The minimum atomic E-state index is -0.0463. The van der Waals surface area contributed by atoms with Crippen LogP contribution in [0.3, 0.4) is 0 Å². The number of rotatable bonds is 2. The van der Waals surface area contributed by atoms with Gasteiger partial charge in [0.2, 0.25) is 5.91 Å². The fraction of sp³-hybridized carbons (Fsp3) is 0.833. The van der Waals surface area contributed by atoms with Crippen LogP contribution in [0.15, 0.2) is 0 Å². The molecule has 0 radical (unpaired) electrons. The van der Waals surface area contributed by atoms with E-state index in [2.05, 4.69) is 18.0 Å². The second-order valence-corrected chi connectivity index (χ2v) is 5.08. The summed E-state index contributed by atoms with van der Waals surface area (Å²) in [7, 11) is 2.13. The molecule has 2 aliphatic rings. The molecule has 88 valence electrons. The first-order chi connectivity index (χ1) is 7.69. The number of carbonyl (C=O) groups excluding carboxylic acids is 1. The summed E-state index contributed by atoms with van der Waals surface area (Å²) in [6, 6.07) is 2.20. The number of nitrogens with zero attached hydrogens (tertiary/aromatic N) is 3. The van der Waals surface area contributed by atoms with Crippen molar-refractivity contribution in [1.29, 1.82) is 5.26 Å². The Kier molecular flexibility index (Phi) is 3.45. The first-order valence-corrected chi connectivity index (χ1v) is 6.05. The number of piperidine rings is 1. The molecule has 4 heteroatoms. The van der Waals surface area contributed by atoms with Crippen molar-refractivity contribution in [3.05, 3.63) is 0 Å². The summed E-state index contributed by atoms with van der Waals surface area (Å²) < 4.78 is 0. The maximum absolute atomic E-state index is 11.8. The van der Waals surface area contributed by atoms with Crippen LogP contribution in [0.5, 0.6) is 0 Å². The highest BCUT2D eigenvalue weighted by atomic mass is 16.2. The summed E-state index contributed by atoms with van der Waals surface area (Å²) in [5.41, 5.74) is 0. The lowest BCUT2D eigenvalue weighted by Crippen LogP contribution is -2.41. The quantitative estimate of drug-likeness (QED) is 0.689. The number of hydrogen-bond donors (Lipinski definition) is 0. The van der Waals surface area contributed by atoms with Gasteiger partial charge in [-0.1, -0.05) is 0 Å². The van der Waals surface area contributed by atoms with Crippen molar-refractivity contribution < 1.29 is 4.79 Å². The van der Waals surface area contributed by atoms with Crippen LogP contribution in [0, 0.1) is 23.2 Å². The first kappa shape index (κ1) is 11.4. The third kappa shape index (κ3) is 2.53. The molecule has 2 rings (SSSR count). The lowest BCUT2D eigenvalue weighted by atomic mass is 9.96. The van der Waals surface area contributed by atoms with Crippen LogP contribution in [0.4, 0.5) is 0 Å². The van der Waals surface area contributed by atoms with Crippen LogP contribution < -0.4 is 0 Å². The smallest absolute Gasteiger partial charge is 0.223 e. The van der Waals surface area contributed by atoms with Crippen LogP contribution in [0.25, 0.3) is 0 Å². The molecular weight excluding hydrogens is 202 g/mol. The Hall–Kier alpha value is -1.08. The molecule has 0 aliphatic carbocycles. The van der Waals surface area contributed by atoms with E-state index in [1.54, 1.807) is 0 Å². The second kappa shape index (κ2) is 4.84. The van der Waals surface area contributed by atoms with Crippen molar-refractivity contribution in [1.82, 2.24) is 9.80 Å². The van der Waals surface area contributed by atoms with Gasteiger partial charge in [-0.15, -0.1) is 0 Å². The Morgan fingerprint density at radius 1 is 1.44 bits per heavy atom. The summed E-state index contributed by atoms with van der Waals surface area (Å²) in [5.74, 6) is 0.759. The van der Waals surface area contributed by atoms with Crippen molar-refractivity contribution in [3.8, 4) is 6.07 Å². The van der Waals surface area contributed by atoms with Gasteiger partial charge in [0.05, 0.1) is 12.0 Å². The summed E-state index contributed by atoms with van der Waals surface area (Å²) in [4.78, 5) is 16.1. The highest BCUT2D eigenvalue weighted by Gasteiger charge is 2.29. The maximum atomic E-state index is 11.8. The number of nitriles is 1. The molecule has 0 bridgehead atoms. The Bertz CT molecular complexity index is 310. The van der Waals surface area contributed by atoms with Crippen molar-refractivity contribution in [3.63, 3.8) is 0 Å². The second-order valence-electron chi connectivity index (χ2n) is 5.08. The van der Waals surface area contributed by atoms with Crippen molar-refractivity contribution in [2.24, 2.45) is 11.8 Å². The molecule has 2 fully saturated rings. The summed E-state index contributed by atoms with van der Waals surface area (Å²) in [6.07, 6.45) is 2.48. The average molecular weight is 221 g/mol. The predicted octanol–water partition coefficient (Wildman–Crippen LogP) is 0.700. The number of likely N-dealkylation sites (tertiary alicyclic amines) is 2. The molecule has 4 nitrogen and oxygen atoms in total. The van der Waals surface area contributed by atoms with Gasteiger partial charge in [-0.3, -0.25) is 4.79 Å². The van der Waals surface area contributed by atoms with Crippen LogP contribution in [0.2, 0.25) is 0 Å². The van der Waals surface area contributed by atoms with E-state index in [9.17, 15) is 4.79 Å². The van der Waals surface area contributed by atoms with E-state index in [0.717, 1.165) is 32.6 Å². The molecule has 2 atom stereocenters. The molecule has 16 heavy (non-hydrogen) atoms. The molecular formula is C12H19N3O. The third-order valence-corrected chi connectivity index (χ3v) is 3.67. The molecule has 2 unspecified atom stereocenters. The molecule has 0 spiro atoms. The number of amides is 1. The van der Waals surface area contributed by atoms with Gasteiger partial charge in [0, 0.05) is 26.1 Å². The topological polar surface area (TPSA) is 47.3 Å². The van der Waals surface area contributed by atoms with Gasteiger partial charge in [0.15, 0.2) is 0 Å². The van der Waals surface area contributed by atoms with E-state index >= 15 is 0 Å². The Morgan fingerprint density at radius 2 is 2.25 bits per heavy atom. The van der Waals surface area contributed by atoms with Gasteiger partial charge in [-0.2, -0.15) is 5.26 Å². The Morgan fingerprint density at radius 3 is 2.81 bits per heavy atom. The van der Waals surface area contributed by atoms with Crippen LogP contribution >= 0.6 is 0 Å². The SMILES string of the molecule is CN1CCC(CN2CCC(C#N)CC2=O)C1. The van der Waals surface area contributed by atoms with Gasteiger partial charge in [0.1, 0.15) is 0 Å². The van der Waals surface area contributed by atoms with Crippen molar-refractivity contribution >= 4 is 5.91 Å². The van der Waals surface area contributed by atoms with Crippen LogP contribution in [-0.4, -0.2) is 48.9 Å². The standard InChI is InChI=1S/C12H19N3O/c1-14-4-2-11(8-14)9-15-5-3-10(7-13)6-12(15)16/h10-11H,2-6,8-9H2,1H3. The van der Waals surface area contributed by atoms with E-state index in [0.29, 0.717) is 12.3 Å². The van der Waals surface area contributed by atoms with E-state index in [-0.39, 0.29) is 11.8 Å². The molecule has 0 aromatic heterocycles. The first-order valence-electron chi connectivity index (χ1n) is 6.05. The zero-order chi connectivity index (χ0) is 11.5. The summed E-state index contributed by atoms with van der Waals surface area (Å²) in [5, 5.41) is 8.79. The van der Waals surface area contributed by atoms with Gasteiger partial charge in [-0.25, -0.2) is 0 Å². The number of hydrogen-bond acceptors (Lipinski definition) is 3. The van der Waals surface area contributed by atoms with E-state index in [4.69, 9.17) is 5.26 Å². The Labute approximate surface area is 96.8 Å². The highest BCUT2D eigenvalue weighted by Crippen LogP contribution is 2.21. The van der Waals surface area contributed by atoms with Gasteiger partial charge in [-0.05, 0) is 32.4 Å². The minimum absolute atomic E-state index is 0.0463. The monoisotopic (exact) mass is 221 g/mol. The summed E-state index contributed by atoms with van der Waals surface area (Å²) in [6.45, 7) is 3.91. The molecule has 1 amide bonds. The van der Waals surface area contributed by atoms with Crippen molar-refractivity contribution in [2.75, 3.05) is 33.2 Å². The molecule has 0 saturated carbocycles. The minimum Gasteiger partial charge on any atom is -0.342 e. The molecule has 2 heterocycles. The van der Waals surface area contributed by atoms with E-state index in [1.165, 1.54) is 6.42 Å².